The van der Waals surface area contributed by atoms with E-state index in [-0.39, 0.29) is 5.91 Å². The lowest BCUT2D eigenvalue weighted by Gasteiger charge is -2.29. The molecule has 1 amide bonds. The van der Waals surface area contributed by atoms with Crippen molar-refractivity contribution in [3.8, 4) is 0 Å². The van der Waals surface area contributed by atoms with Crippen LogP contribution in [0.5, 0.6) is 0 Å². The zero-order chi connectivity index (χ0) is 15.4. The fourth-order valence-corrected chi connectivity index (χ4v) is 3.10. The topological polar surface area (TPSA) is 45.2 Å². The van der Waals surface area contributed by atoms with Crippen LogP contribution in [0, 0.1) is 0 Å². The van der Waals surface area contributed by atoms with Crippen LogP contribution >= 0.6 is 15.9 Å². The maximum Gasteiger partial charge on any atom is 0.259 e. The van der Waals surface area contributed by atoms with E-state index in [4.69, 9.17) is 0 Å². The van der Waals surface area contributed by atoms with E-state index >= 15 is 0 Å². The zero-order valence-corrected chi connectivity index (χ0v) is 13.8. The summed E-state index contributed by atoms with van der Waals surface area (Å²) in [5.74, 6) is 0.668. The third-order valence-corrected chi connectivity index (χ3v) is 4.26. The Balaban J connectivity index is 1.83. The summed E-state index contributed by atoms with van der Waals surface area (Å²) in [6.45, 7) is 1.93. The van der Waals surface area contributed by atoms with Gasteiger partial charge in [0.1, 0.15) is 5.82 Å². The van der Waals surface area contributed by atoms with Crippen molar-refractivity contribution in [3.05, 3.63) is 52.6 Å². The standard InChI is InChI=1S/C17H18BrN3O/c18-13-6-4-7-14(12-13)20-17(22)15-8-5-9-19-16(15)21-10-2-1-3-11-21/h4-9,12H,1-3,10-11H2,(H,20,22). The van der Waals surface area contributed by atoms with Crippen LogP contribution in [0.2, 0.25) is 0 Å². The van der Waals surface area contributed by atoms with Crippen LogP contribution < -0.4 is 10.2 Å². The van der Waals surface area contributed by atoms with Crippen molar-refractivity contribution in [2.45, 2.75) is 19.3 Å². The number of benzene rings is 1. The second kappa shape index (κ2) is 6.92. The average molecular weight is 360 g/mol. The van der Waals surface area contributed by atoms with Gasteiger partial charge < -0.3 is 10.2 Å². The first-order chi connectivity index (χ1) is 10.7. The minimum atomic E-state index is -0.119. The molecule has 3 rings (SSSR count). The average Bonchev–Trinajstić information content (AvgIpc) is 2.56. The summed E-state index contributed by atoms with van der Waals surface area (Å²) >= 11 is 3.41. The number of nitrogens with zero attached hydrogens (tertiary/aromatic N) is 2. The van der Waals surface area contributed by atoms with Gasteiger partial charge in [-0.05, 0) is 49.6 Å². The Morgan fingerprint density at radius 3 is 2.73 bits per heavy atom. The molecule has 4 nitrogen and oxygen atoms in total. The number of carbonyl (C=O) groups is 1. The largest absolute Gasteiger partial charge is 0.356 e. The molecule has 2 aromatic rings. The van der Waals surface area contributed by atoms with Gasteiger partial charge in [-0.15, -0.1) is 0 Å². The number of rotatable bonds is 3. The predicted octanol–water partition coefficient (Wildman–Crippen LogP) is 4.09. The minimum absolute atomic E-state index is 0.119. The molecule has 5 heteroatoms. The number of carbonyl (C=O) groups excluding carboxylic acids is 1. The number of pyridine rings is 1. The fraction of sp³-hybridized carbons (Fsp3) is 0.294. The summed E-state index contributed by atoms with van der Waals surface area (Å²) in [6, 6.07) is 11.2. The zero-order valence-electron chi connectivity index (χ0n) is 12.3. The van der Waals surface area contributed by atoms with Crippen LogP contribution in [0.15, 0.2) is 47.1 Å². The van der Waals surface area contributed by atoms with Gasteiger partial charge >= 0.3 is 0 Å². The highest BCUT2D eigenvalue weighted by Gasteiger charge is 2.19. The van der Waals surface area contributed by atoms with Crippen molar-refractivity contribution in [1.82, 2.24) is 4.98 Å². The molecule has 0 saturated carbocycles. The molecule has 1 aliphatic heterocycles. The van der Waals surface area contributed by atoms with E-state index in [1.54, 1.807) is 6.20 Å². The minimum Gasteiger partial charge on any atom is -0.356 e. The Morgan fingerprint density at radius 2 is 1.95 bits per heavy atom. The first-order valence-corrected chi connectivity index (χ1v) is 8.30. The predicted molar refractivity (Wildman–Crippen MR) is 92.4 cm³/mol. The first kappa shape index (κ1) is 15.0. The number of aromatic nitrogens is 1. The monoisotopic (exact) mass is 359 g/mol. The second-order valence-corrected chi connectivity index (χ2v) is 6.30. The summed E-state index contributed by atoms with van der Waals surface area (Å²) < 4.78 is 0.938. The van der Waals surface area contributed by atoms with Crippen molar-refractivity contribution >= 4 is 33.3 Å². The third kappa shape index (κ3) is 3.47. The quantitative estimate of drug-likeness (QED) is 0.897. The highest BCUT2D eigenvalue weighted by molar-refractivity contribution is 9.10. The van der Waals surface area contributed by atoms with Crippen LogP contribution in [-0.4, -0.2) is 24.0 Å². The molecular formula is C17H18BrN3O. The van der Waals surface area contributed by atoms with E-state index in [1.165, 1.54) is 6.42 Å². The molecule has 114 valence electrons. The number of nitrogens with one attached hydrogen (secondary N) is 1. The van der Waals surface area contributed by atoms with Gasteiger partial charge in [0.05, 0.1) is 5.56 Å². The van der Waals surface area contributed by atoms with E-state index in [0.29, 0.717) is 5.56 Å². The van der Waals surface area contributed by atoms with E-state index in [0.717, 1.165) is 41.9 Å². The number of halogens is 1. The smallest absolute Gasteiger partial charge is 0.259 e. The molecule has 1 aromatic carbocycles. The second-order valence-electron chi connectivity index (χ2n) is 5.39. The van der Waals surface area contributed by atoms with Gasteiger partial charge in [-0.2, -0.15) is 0 Å². The van der Waals surface area contributed by atoms with Gasteiger partial charge in [0.2, 0.25) is 0 Å². The summed E-state index contributed by atoms with van der Waals surface area (Å²) in [4.78, 5) is 19.2. The summed E-state index contributed by atoms with van der Waals surface area (Å²) in [6.07, 6.45) is 5.31. The van der Waals surface area contributed by atoms with E-state index in [1.807, 2.05) is 36.4 Å². The summed E-state index contributed by atoms with van der Waals surface area (Å²) in [5, 5.41) is 2.94. The Hall–Kier alpha value is -1.88. The van der Waals surface area contributed by atoms with Crippen molar-refractivity contribution in [2.24, 2.45) is 0 Å². The van der Waals surface area contributed by atoms with Crippen LogP contribution in [0.4, 0.5) is 11.5 Å². The maximum absolute atomic E-state index is 12.6. The van der Waals surface area contributed by atoms with E-state index < -0.39 is 0 Å². The molecule has 0 bridgehead atoms. The van der Waals surface area contributed by atoms with Gasteiger partial charge in [-0.25, -0.2) is 4.98 Å². The molecule has 2 heterocycles. The number of piperidine rings is 1. The molecular weight excluding hydrogens is 342 g/mol. The number of anilines is 2. The van der Waals surface area contributed by atoms with Crippen LogP contribution in [0.25, 0.3) is 0 Å². The Bertz CT molecular complexity index is 668. The lowest BCUT2D eigenvalue weighted by Crippen LogP contribution is -2.32. The van der Waals surface area contributed by atoms with Crippen LogP contribution in [-0.2, 0) is 0 Å². The van der Waals surface area contributed by atoms with E-state index in [9.17, 15) is 4.79 Å². The Kier molecular flexibility index (Phi) is 4.73. The molecule has 0 atom stereocenters. The molecule has 1 saturated heterocycles. The molecule has 0 unspecified atom stereocenters. The lowest BCUT2D eigenvalue weighted by molar-refractivity contribution is 0.102. The van der Waals surface area contributed by atoms with Gasteiger partial charge in [0.25, 0.3) is 5.91 Å². The van der Waals surface area contributed by atoms with Gasteiger partial charge in [0.15, 0.2) is 0 Å². The molecule has 0 radical (unpaired) electrons. The first-order valence-electron chi connectivity index (χ1n) is 7.51. The molecule has 0 spiro atoms. The molecule has 1 aromatic heterocycles. The molecule has 1 aliphatic rings. The normalized spacial score (nSPS) is 14.7. The molecule has 0 aliphatic carbocycles. The van der Waals surface area contributed by atoms with Crippen molar-refractivity contribution in [2.75, 3.05) is 23.3 Å². The third-order valence-electron chi connectivity index (χ3n) is 3.77. The van der Waals surface area contributed by atoms with Crippen molar-refractivity contribution < 1.29 is 4.79 Å². The SMILES string of the molecule is O=C(Nc1cccc(Br)c1)c1cccnc1N1CCCCC1. The molecule has 22 heavy (non-hydrogen) atoms. The van der Waals surface area contributed by atoms with Crippen molar-refractivity contribution in [1.29, 1.82) is 0 Å². The molecule has 1 fully saturated rings. The highest BCUT2D eigenvalue weighted by atomic mass is 79.9. The van der Waals surface area contributed by atoms with Gasteiger partial charge in [0, 0.05) is 29.4 Å². The van der Waals surface area contributed by atoms with Gasteiger partial charge in [-0.1, -0.05) is 22.0 Å². The van der Waals surface area contributed by atoms with Crippen LogP contribution in [0.1, 0.15) is 29.6 Å². The maximum atomic E-state index is 12.6. The van der Waals surface area contributed by atoms with Gasteiger partial charge in [-0.3, -0.25) is 4.79 Å². The number of amides is 1. The van der Waals surface area contributed by atoms with Crippen LogP contribution in [0.3, 0.4) is 0 Å². The Morgan fingerprint density at radius 1 is 1.14 bits per heavy atom. The Labute approximate surface area is 138 Å². The van der Waals surface area contributed by atoms with Crippen molar-refractivity contribution in [3.63, 3.8) is 0 Å². The lowest BCUT2D eigenvalue weighted by atomic mass is 10.1. The number of hydrogen-bond acceptors (Lipinski definition) is 3. The van der Waals surface area contributed by atoms with E-state index in [2.05, 4.69) is 31.1 Å². The highest BCUT2D eigenvalue weighted by Crippen LogP contribution is 2.23. The number of hydrogen-bond donors (Lipinski definition) is 1. The summed E-state index contributed by atoms with van der Waals surface area (Å²) in [5.41, 5.74) is 1.40. The fourth-order valence-electron chi connectivity index (χ4n) is 2.70. The molecule has 1 N–H and O–H groups in total. The summed E-state index contributed by atoms with van der Waals surface area (Å²) in [7, 11) is 0.